The number of aryl methyl sites for hydroxylation is 1. The quantitative estimate of drug-likeness (QED) is 0.419. The number of nitriles is 1. The third kappa shape index (κ3) is 3.41. The van der Waals surface area contributed by atoms with Gasteiger partial charge in [-0.2, -0.15) is 37.4 Å². The molecule has 2 aliphatic carbocycles. The van der Waals surface area contributed by atoms with E-state index in [1.165, 1.54) is 17.9 Å². The molecule has 1 aromatic carbocycles. The van der Waals surface area contributed by atoms with Crippen LogP contribution in [0.3, 0.4) is 0 Å². The maximum Gasteiger partial charge on any atom is 0.459 e. The summed E-state index contributed by atoms with van der Waals surface area (Å²) < 4.78 is 70.1. The predicted molar refractivity (Wildman–Crippen MR) is 109 cm³/mol. The maximum atomic E-state index is 14.3. The van der Waals surface area contributed by atoms with Crippen LogP contribution in [0.4, 0.5) is 22.0 Å². The summed E-state index contributed by atoms with van der Waals surface area (Å²) in [6.45, 7) is 0. The van der Waals surface area contributed by atoms with Gasteiger partial charge in [0.05, 0.1) is 17.7 Å². The molecule has 2 aliphatic rings. The Bertz CT molecular complexity index is 1290. The van der Waals surface area contributed by atoms with E-state index in [2.05, 4.69) is 16.3 Å². The summed E-state index contributed by atoms with van der Waals surface area (Å²) in [5.74, 6) is -5.43. The SMILES string of the molecule is Cn1nc(C(F)(F)C(F)(F)F)c(C2CC2)c1-n1cc(-c2ccc(Cl)c(C3(C#N)CC3)c2)cn1. The Morgan fingerprint density at radius 2 is 1.85 bits per heavy atom. The van der Waals surface area contributed by atoms with Gasteiger partial charge >= 0.3 is 12.1 Å². The lowest BCUT2D eigenvalue weighted by molar-refractivity contribution is -0.291. The average Bonchev–Trinajstić information content (AvgIpc) is 3.67. The zero-order valence-electron chi connectivity index (χ0n) is 17.3. The molecule has 2 aromatic heterocycles. The van der Waals surface area contributed by atoms with Crippen molar-refractivity contribution in [2.75, 3.05) is 0 Å². The van der Waals surface area contributed by atoms with Crippen LogP contribution in [0.25, 0.3) is 16.9 Å². The summed E-state index contributed by atoms with van der Waals surface area (Å²) in [6, 6.07) is 7.53. The molecule has 0 atom stereocenters. The summed E-state index contributed by atoms with van der Waals surface area (Å²) in [4.78, 5) is 0. The number of alkyl halides is 5. The number of hydrogen-bond acceptors (Lipinski definition) is 3. The molecule has 0 N–H and O–H groups in total. The standard InChI is InChI=1S/C22H17ClF5N5/c1-32-19(17(12-2-3-12)18(31-32)21(24,25)22(26,27)28)33-10-14(9-30-33)13-4-5-16(23)15(8-13)20(11-29)6-7-20/h4-5,8-10,12H,2-3,6-7H2,1H3. The molecule has 0 spiro atoms. The Labute approximate surface area is 190 Å². The molecule has 0 bridgehead atoms. The highest BCUT2D eigenvalue weighted by molar-refractivity contribution is 6.31. The van der Waals surface area contributed by atoms with Gasteiger partial charge in [0, 0.05) is 29.4 Å². The first-order chi connectivity index (χ1) is 15.5. The summed E-state index contributed by atoms with van der Waals surface area (Å²) in [6.07, 6.45) is -0.281. The van der Waals surface area contributed by atoms with Crippen LogP contribution < -0.4 is 0 Å². The zero-order valence-corrected chi connectivity index (χ0v) is 18.1. The Kier molecular flexibility index (Phi) is 4.67. The summed E-state index contributed by atoms with van der Waals surface area (Å²) in [5.41, 5.74) is 0.0100. The first kappa shape index (κ1) is 21.9. The zero-order chi connectivity index (χ0) is 23.8. The molecular formula is C22H17ClF5N5. The van der Waals surface area contributed by atoms with Crippen molar-refractivity contribution >= 4 is 11.6 Å². The fraction of sp³-hybridized carbons (Fsp3) is 0.409. The largest absolute Gasteiger partial charge is 0.459 e. The number of halogens is 6. The van der Waals surface area contributed by atoms with Gasteiger partial charge in [-0.3, -0.25) is 4.68 Å². The van der Waals surface area contributed by atoms with Gasteiger partial charge in [0.2, 0.25) is 0 Å². The second kappa shape index (κ2) is 7.03. The van der Waals surface area contributed by atoms with Gasteiger partial charge in [-0.15, -0.1) is 0 Å². The minimum atomic E-state index is -5.75. The fourth-order valence-corrected chi connectivity index (χ4v) is 4.44. The molecule has 3 aromatic rings. The van der Waals surface area contributed by atoms with E-state index in [1.807, 2.05) is 0 Å². The van der Waals surface area contributed by atoms with Gasteiger partial charge in [0.1, 0.15) is 5.69 Å². The molecule has 5 rings (SSSR count). The Hall–Kier alpha value is -2.93. The van der Waals surface area contributed by atoms with E-state index in [0.29, 0.717) is 47.4 Å². The number of nitrogens with zero attached hydrogens (tertiary/aromatic N) is 5. The summed E-state index contributed by atoms with van der Waals surface area (Å²) >= 11 is 6.31. The van der Waals surface area contributed by atoms with Crippen LogP contribution in [0.5, 0.6) is 0 Å². The number of benzene rings is 1. The molecule has 11 heteroatoms. The number of aromatic nitrogens is 4. The molecule has 0 radical (unpaired) electrons. The lowest BCUT2D eigenvalue weighted by Gasteiger charge is -2.18. The lowest BCUT2D eigenvalue weighted by atomic mass is 9.94. The highest BCUT2D eigenvalue weighted by atomic mass is 35.5. The third-order valence-corrected chi connectivity index (χ3v) is 6.60. The molecule has 2 saturated carbocycles. The molecule has 2 fully saturated rings. The van der Waals surface area contributed by atoms with Gasteiger partial charge in [-0.25, -0.2) is 4.68 Å². The highest BCUT2D eigenvalue weighted by Gasteiger charge is 2.62. The van der Waals surface area contributed by atoms with Crippen LogP contribution >= 0.6 is 11.6 Å². The van der Waals surface area contributed by atoms with Crippen LogP contribution in [0.2, 0.25) is 5.02 Å². The Morgan fingerprint density at radius 1 is 1.15 bits per heavy atom. The Morgan fingerprint density at radius 3 is 2.42 bits per heavy atom. The molecule has 0 aliphatic heterocycles. The molecular weight excluding hydrogens is 465 g/mol. The van der Waals surface area contributed by atoms with Crippen molar-refractivity contribution in [2.24, 2.45) is 7.05 Å². The second-order valence-electron chi connectivity index (χ2n) is 8.62. The molecule has 2 heterocycles. The van der Waals surface area contributed by atoms with Crippen LogP contribution in [0, 0.1) is 11.3 Å². The molecule has 5 nitrogen and oxygen atoms in total. The second-order valence-corrected chi connectivity index (χ2v) is 9.03. The molecule has 33 heavy (non-hydrogen) atoms. The normalized spacial score (nSPS) is 17.8. The monoisotopic (exact) mass is 481 g/mol. The van der Waals surface area contributed by atoms with Crippen LogP contribution in [-0.4, -0.2) is 25.7 Å². The van der Waals surface area contributed by atoms with E-state index < -0.39 is 29.1 Å². The lowest BCUT2D eigenvalue weighted by Crippen LogP contribution is -2.35. The molecule has 172 valence electrons. The topological polar surface area (TPSA) is 59.4 Å². The third-order valence-electron chi connectivity index (χ3n) is 6.27. The van der Waals surface area contributed by atoms with Crippen molar-refractivity contribution in [1.82, 2.24) is 19.6 Å². The molecule has 0 unspecified atom stereocenters. The van der Waals surface area contributed by atoms with Crippen molar-refractivity contribution < 1.29 is 22.0 Å². The van der Waals surface area contributed by atoms with Gasteiger partial charge in [0.25, 0.3) is 0 Å². The van der Waals surface area contributed by atoms with Crippen molar-refractivity contribution in [3.8, 4) is 23.0 Å². The number of hydrogen-bond donors (Lipinski definition) is 0. The van der Waals surface area contributed by atoms with Crippen LogP contribution in [0.15, 0.2) is 30.6 Å². The maximum absolute atomic E-state index is 14.3. The minimum absolute atomic E-state index is 0.0764. The van der Waals surface area contributed by atoms with E-state index in [-0.39, 0.29) is 11.4 Å². The molecule has 0 saturated heterocycles. The van der Waals surface area contributed by atoms with Crippen molar-refractivity contribution in [3.05, 3.63) is 52.4 Å². The van der Waals surface area contributed by atoms with Crippen molar-refractivity contribution in [2.45, 2.75) is 49.1 Å². The van der Waals surface area contributed by atoms with Gasteiger partial charge < -0.3 is 0 Å². The molecule has 0 amide bonds. The smallest absolute Gasteiger partial charge is 0.250 e. The van der Waals surface area contributed by atoms with Crippen LogP contribution in [0.1, 0.15) is 48.4 Å². The summed E-state index contributed by atoms with van der Waals surface area (Å²) in [7, 11) is 1.32. The van der Waals surface area contributed by atoms with Crippen molar-refractivity contribution in [3.63, 3.8) is 0 Å². The first-order valence-electron chi connectivity index (χ1n) is 10.3. The first-order valence-corrected chi connectivity index (χ1v) is 10.6. The Balaban J connectivity index is 1.59. The summed E-state index contributed by atoms with van der Waals surface area (Å²) in [5, 5.41) is 17.8. The average molecular weight is 482 g/mol. The highest BCUT2D eigenvalue weighted by Crippen LogP contribution is 2.52. The van der Waals surface area contributed by atoms with E-state index in [4.69, 9.17) is 11.6 Å². The number of rotatable bonds is 5. The van der Waals surface area contributed by atoms with Gasteiger partial charge in [-0.1, -0.05) is 17.7 Å². The van der Waals surface area contributed by atoms with Gasteiger partial charge in [-0.05, 0) is 54.9 Å². The predicted octanol–water partition coefficient (Wildman–Crippen LogP) is 6.01. The van der Waals surface area contributed by atoms with Crippen molar-refractivity contribution in [1.29, 1.82) is 5.26 Å². The van der Waals surface area contributed by atoms with E-state index >= 15 is 0 Å². The van der Waals surface area contributed by atoms with E-state index in [1.54, 1.807) is 24.4 Å². The van der Waals surface area contributed by atoms with E-state index in [0.717, 1.165) is 4.68 Å². The van der Waals surface area contributed by atoms with Gasteiger partial charge in [0.15, 0.2) is 5.82 Å². The van der Waals surface area contributed by atoms with E-state index in [9.17, 15) is 27.2 Å². The van der Waals surface area contributed by atoms with Crippen LogP contribution in [-0.2, 0) is 18.4 Å². The fourth-order valence-electron chi connectivity index (χ4n) is 4.14. The minimum Gasteiger partial charge on any atom is -0.250 e.